The number of nitrogens with one attached hydrogen (secondary N) is 1. The molecule has 1 amide bonds. The Hall–Kier alpha value is -2.56. The lowest BCUT2D eigenvalue weighted by Crippen LogP contribution is -2.31. The minimum atomic E-state index is -0.278. The summed E-state index contributed by atoms with van der Waals surface area (Å²) in [6.07, 6.45) is 1.60. The summed E-state index contributed by atoms with van der Waals surface area (Å²) in [6.45, 7) is 5.94. The van der Waals surface area contributed by atoms with Gasteiger partial charge in [-0.3, -0.25) is 14.6 Å². The minimum absolute atomic E-state index is 0.0984. The first-order valence-corrected chi connectivity index (χ1v) is 8.08. The highest BCUT2D eigenvalue weighted by molar-refractivity contribution is 6.08. The summed E-state index contributed by atoms with van der Waals surface area (Å²) in [4.78, 5) is 28.8. The van der Waals surface area contributed by atoms with Crippen molar-refractivity contribution in [3.8, 4) is 0 Å². The largest absolute Gasteiger partial charge is 0.299 e. The van der Waals surface area contributed by atoms with Crippen molar-refractivity contribution in [3.05, 3.63) is 41.6 Å². The van der Waals surface area contributed by atoms with E-state index in [1.807, 2.05) is 45.0 Å². The second-order valence-electron chi connectivity index (χ2n) is 7.18. The number of rotatable bonds is 2. The van der Waals surface area contributed by atoms with Gasteiger partial charge in [-0.15, -0.1) is 0 Å². The molecule has 24 heavy (non-hydrogen) atoms. The Morgan fingerprint density at radius 1 is 1.25 bits per heavy atom. The van der Waals surface area contributed by atoms with E-state index in [0.717, 1.165) is 28.7 Å². The van der Waals surface area contributed by atoms with E-state index >= 15 is 0 Å². The number of fused-ring (bicyclic) bond motifs is 1. The van der Waals surface area contributed by atoms with Crippen LogP contribution in [0.5, 0.6) is 0 Å². The van der Waals surface area contributed by atoms with Gasteiger partial charge in [-0.25, -0.2) is 5.43 Å². The van der Waals surface area contributed by atoms with E-state index < -0.39 is 0 Å². The van der Waals surface area contributed by atoms with E-state index in [1.54, 1.807) is 6.07 Å². The molecule has 1 N–H and O–H groups in total. The molecule has 0 radical (unpaired) electrons. The zero-order valence-corrected chi connectivity index (χ0v) is 14.2. The lowest BCUT2D eigenvalue weighted by Gasteiger charge is -2.29. The number of carbonyl (C=O) groups is 2. The molecule has 1 aliphatic rings. The van der Waals surface area contributed by atoms with Gasteiger partial charge in [-0.05, 0) is 30.9 Å². The molecule has 1 aromatic heterocycles. The number of nitrogens with zero attached hydrogens (tertiary/aromatic N) is 2. The molecule has 5 nitrogen and oxygen atoms in total. The summed E-state index contributed by atoms with van der Waals surface area (Å²) >= 11 is 0. The molecule has 1 saturated carbocycles. The van der Waals surface area contributed by atoms with Crippen LogP contribution in [0.2, 0.25) is 0 Å². The number of hydrogen-bond acceptors (Lipinski definition) is 4. The first-order chi connectivity index (χ1) is 11.3. The lowest BCUT2D eigenvalue weighted by atomic mass is 9.76. The molecule has 1 heterocycles. The quantitative estimate of drug-likeness (QED) is 0.861. The lowest BCUT2D eigenvalue weighted by molar-refractivity contribution is -0.120. The number of amides is 1. The number of hydrogen-bond donors (Lipinski definition) is 1. The molecule has 0 aliphatic heterocycles. The predicted octanol–water partition coefficient (Wildman–Crippen LogP) is 3.41. The van der Waals surface area contributed by atoms with Crippen LogP contribution in [0.1, 0.15) is 49.2 Å². The number of hydrazone groups is 1. The highest BCUT2D eigenvalue weighted by Crippen LogP contribution is 2.31. The molecular weight excluding hydrogens is 302 g/mol. The van der Waals surface area contributed by atoms with Crippen molar-refractivity contribution in [2.24, 2.45) is 10.5 Å². The van der Waals surface area contributed by atoms with Crippen molar-refractivity contribution in [1.82, 2.24) is 10.4 Å². The number of carbonyl (C=O) groups excluding carboxylic acids is 2. The first-order valence-electron chi connectivity index (χ1n) is 8.08. The second-order valence-corrected chi connectivity index (χ2v) is 7.18. The van der Waals surface area contributed by atoms with Crippen molar-refractivity contribution in [2.75, 3.05) is 0 Å². The SMILES string of the molecule is Cc1cc(C(=O)N/N=C2\CC(=O)CC(C)(C)C2)c2ccccc2n1. The zero-order valence-electron chi connectivity index (χ0n) is 14.2. The van der Waals surface area contributed by atoms with Gasteiger partial charge in [0, 0.05) is 29.6 Å². The Labute approximate surface area is 141 Å². The van der Waals surface area contributed by atoms with Gasteiger partial charge in [0.15, 0.2) is 0 Å². The molecule has 3 rings (SSSR count). The Morgan fingerprint density at radius 3 is 2.75 bits per heavy atom. The van der Waals surface area contributed by atoms with Crippen molar-refractivity contribution in [3.63, 3.8) is 0 Å². The summed E-state index contributed by atoms with van der Waals surface area (Å²) in [7, 11) is 0. The third kappa shape index (κ3) is 3.50. The van der Waals surface area contributed by atoms with Gasteiger partial charge in [0.2, 0.25) is 0 Å². The van der Waals surface area contributed by atoms with Crippen LogP contribution in [0, 0.1) is 12.3 Å². The fraction of sp³-hybridized carbons (Fsp3) is 0.368. The second kappa shape index (κ2) is 6.15. The normalized spacial score (nSPS) is 18.8. The molecule has 0 spiro atoms. The molecule has 124 valence electrons. The Balaban J connectivity index is 1.86. The highest BCUT2D eigenvalue weighted by atomic mass is 16.2. The van der Waals surface area contributed by atoms with Crippen molar-refractivity contribution < 1.29 is 9.59 Å². The molecule has 0 atom stereocenters. The third-order valence-corrected chi connectivity index (χ3v) is 4.16. The fourth-order valence-corrected chi connectivity index (χ4v) is 3.27. The van der Waals surface area contributed by atoms with Crippen LogP contribution in [0.4, 0.5) is 0 Å². The van der Waals surface area contributed by atoms with Crippen LogP contribution in [-0.4, -0.2) is 22.4 Å². The van der Waals surface area contributed by atoms with E-state index in [0.29, 0.717) is 18.4 Å². The molecule has 5 heteroatoms. The Kier molecular flexibility index (Phi) is 4.18. The van der Waals surface area contributed by atoms with Crippen molar-refractivity contribution in [2.45, 2.75) is 40.0 Å². The summed E-state index contributed by atoms with van der Waals surface area (Å²) in [5.74, 6) is -0.107. The molecular formula is C19H21N3O2. The van der Waals surface area contributed by atoms with Gasteiger partial charge in [0.1, 0.15) is 5.78 Å². The number of pyridine rings is 1. The Morgan fingerprint density at radius 2 is 2.00 bits per heavy atom. The van der Waals surface area contributed by atoms with Crippen molar-refractivity contribution in [1.29, 1.82) is 0 Å². The van der Waals surface area contributed by atoms with Crippen LogP contribution < -0.4 is 5.43 Å². The maximum absolute atomic E-state index is 12.6. The highest BCUT2D eigenvalue weighted by Gasteiger charge is 2.30. The van der Waals surface area contributed by atoms with Gasteiger partial charge in [0.25, 0.3) is 5.91 Å². The Bertz CT molecular complexity index is 853. The zero-order chi connectivity index (χ0) is 17.3. The molecule has 0 unspecified atom stereocenters. The molecule has 0 saturated heterocycles. The number of aromatic nitrogens is 1. The number of aryl methyl sites for hydroxylation is 1. The summed E-state index contributed by atoms with van der Waals surface area (Å²) in [5.41, 5.74) is 5.36. The molecule has 0 bridgehead atoms. The number of benzene rings is 1. The van der Waals surface area contributed by atoms with Crippen LogP contribution in [0.25, 0.3) is 10.9 Å². The van der Waals surface area contributed by atoms with Crippen molar-refractivity contribution >= 4 is 28.3 Å². The molecule has 2 aromatic rings. The molecule has 1 fully saturated rings. The summed E-state index contributed by atoms with van der Waals surface area (Å²) < 4.78 is 0. The van der Waals surface area contributed by atoms with E-state index in [4.69, 9.17) is 0 Å². The average Bonchev–Trinajstić information content (AvgIpc) is 2.49. The predicted molar refractivity (Wildman–Crippen MR) is 94.0 cm³/mol. The van der Waals surface area contributed by atoms with Gasteiger partial charge in [-0.2, -0.15) is 5.10 Å². The number of para-hydroxylation sites is 1. The van der Waals surface area contributed by atoms with Crippen LogP contribution in [0.3, 0.4) is 0 Å². The first kappa shape index (κ1) is 16.3. The van der Waals surface area contributed by atoms with E-state index in [2.05, 4.69) is 15.5 Å². The van der Waals surface area contributed by atoms with Gasteiger partial charge >= 0.3 is 0 Å². The van der Waals surface area contributed by atoms with Crippen LogP contribution >= 0.6 is 0 Å². The van der Waals surface area contributed by atoms with Gasteiger partial charge in [0.05, 0.1) is 11.1 Å². The minimum Gasteiger partial charge on any atom is -0.299 e. The van der Waals surface area contributed by atoms with Crippen LogP contribution in [0.15, 0.2) is 35.4 Å². The number of Topliss-reactive ketones (excluding diaryl/α,β-unsaturated/α-hetero) is 1. The van der Waals surface area contributed by atoms with Crippen LogP contribution in [-0.2, 0) is 4.79 Å². The summed E-state index contributed by atoms with van der Waals surface area (Å²) in [6, 6.07) is 9.29. The maximum atomic E-state index is 12.6. The topological polar surface area (TPSA) is 71.4 Å². The van der Waals surface area contributed by atoms with E-state index in [9.17, 15) is 9.59 Å². The number of ketones is 1. The third-order valence-electron chi connectivity index (χ3n) is 4.16. The molecule has 1 aromatic carbocycles. The van der Waals surface area contributed by atoms with Gasteiger partial charge in [-0.1, -0.05) is 32.0 Å². The monoisotopic (exact) mass is 323 g/mol. The van der Waals surface area contributed by atoms with E-state index in [-0.39, 0.29) is 17.1 Å². The fourth-order valence-electron chi connectivity index (χ4n) is 3.27. The standard InChI is InChI=1S/C19H21N3O2/c1-12-8-16(15-6-4-5-7-17(15)20-12)18(24)22-21-13-9-14(23)11-19(2,3)10-13/h4-8H,9-11H2,1-3H3,(H,22,24)/b21-13+. The molecule has 1 aliphatic carbocycles. The summed E-state index contributed by atoms with van der Waals surface area (Å²) in [5, 5.41) is 5.01. The smallest absolute Gasteiger partial charge is 0.272 e. The van der Waals surface area contributed by atoms with E-state index in [1.165, 1.54) is 0 Å². The van der Waals surface area contributed by atoms with Gasteiger partial charge < -0.3 is 0 Å². The average molecular weight is 323 g/mol. The maximum Gasteiger partial charge on any atom is 0.272 e.